The smallest absolute Gasteiger partial charge is 0.414 e. The summed E-state index contributed by atoms with van der Waals surface area (Å²) in [5, 5.41) is 10.7. The molecule has 0 bridgehead atoms. The van der Waals surface area contributed by atoms with E-state index < -0.39 is 83.0 Å². The quantitative estimate of drug-likeness (QED) is 0.0486. The van der Waals surface area contributed by atoms with Gasteiger partial charge in [0.05, 0.1) is 41.5 Å². The number of sulfone groups is 1. The first-order chi connectivity index (χ1) is 42.2. The molecular formula is C58H40Cl2F7N9O11S2. The molecule has 20 nitrogen and oxygen atoms in total. The summed E-state index contributed by atoms with van der Waals surface area (Å²) in [4.78, 5) is 34.7. The molecule has 4 heterocycles. The van der Waals surface area contributed by atoms with Crippen LogP contribution in [0.5, 0.6) is 17.2 Å². The van der Waals surface area contributed by atoms with E-state index >= 15 is 0 Å². The van der Waals surface area contributed by atoms with E-state index in [1.54, 1.807) is 63.2 Å². The van der Waals surface area contributed by atoms with Gasteiger partial charge >= 0.3 is 16.2 Å². The Bertz CT molecular complexity index is 4700. The van der Waals surface area contributed by atoms with Crippen molar-refractivity contribution < 1.29 is 79.8 Å². The molecule has 0 aliphatic carbocycles. The summed E-state index contributed by atoms with van der Waals surface area (Å²) in [6.45, 7) is 5.30. The molecule has 0 aliphatic heterocycles. The Kier molecular flexibility index (Phi) is 18.8. The second-order valence-electron chi connectivity index (χ2n) is 19.3. The maximum Gasteiger partial charge on any atom is 0.414 e. The summed E-state index contributed by atoms with van der Waals surface area (Å²) in [7, 11) is -5.95. The van der Waals surface area contributed by atoms with Crippen molar-refractivity contribution in [2.45, 2.75) is 41.9 Å². The van der Waals surface area contributed by atoms with Gasteiger partial charge in [0, 0.05) is 43.1 Å². The summed E-state index contributed by atoms with van der Waals surface area (Å²) in [6, 6.07) is 26.0. The predicted octanol–water partition coefficient (Wildman–Crippen LogP) is 13.8. The number of anilines is 1. The minimum atomic E-state index is -5.11. The Labute approximate surface area is 509 Å². The number of methoxy groups -OCH3 is 2. The lowest BCUT2D eigenvalue weighted by atomic mass is 9.99. The fourth-order valence-electron chi connectivity index (χ4n) is 8.37. The summed E-state index contributed by atoms with van der Waals surface area (Å²) >= 11 is 13.1. The molecule has 4 aromatic heterocycles. The number of hydrogen-bond acceptors (Lipinski definition) is 19. The lowest BCUT2D eigenvalue weighted by Crippen LogP contribution is -2.27. The van der Waals surface area contributed by atoms with Crippen LogP contribution >= 0.6 is 23.2 Å². The van der Waals surface area contributed by atoms with Crippen LogP contribution in [0, 0.1) is 40.7 Å². The van der Waals surface area contributed by atoms with Gasteiger partial charge in [0.2, 0.25) is 47.6 Å². The predicted molar refractivity (Wildman–Crippen MR) is 307 cm³/mol. The summed E-state index contributed by atoms with van der Waals surface area (Å²) in [5.41, 5.74) is 3.70. The summed E-state index contributed by atoms with van der Waals surface area (Å²) < 4.78 is 177. The number of ether oxygens (including phenoxy) is 3. The minimum Gasteiger partial charge on any atom is -0.496 e. The van der Waals surface area contributed by atoms with Gasteiger partial charge in [-0.25, -0.2) is 55.1 Å². The molecule has 89 heavy (non-hydrogen) atoms. The molecule has 7 aromatic carbocycles. The Balaban J connectivity index is 0.000000178. The first-order valence-electron chi connectivity index (χ1n) is 25.2. The Morgan fingerprint density at radius 2 is 1.04 bits per heavy atom. The average molecular weight is 1310 g/mol. The van der Waals surface area contributed by atoms with Crippen LogP contribution in [0.1, 0.15) is 26.6 Å². The third-order valence-corrected chi connectivity index (χ3v) is 15.7. The topological polar surface area (TPSA) is 264 Å². The van der Waals surface area contributed by atoms with E-state index in [0.717, 1.165) is 31.2 Å². The number of fused-ring (bicyclic) bond motifs is 2. The number of hydrogen-bond donors (Lipinski definition) is 1. The van der Waals surface area contributed by atoms with Gasteiger partial charge in [-0.2, -0.15) is 27.2 Å². The number of halogens is 9. The molecule has 1 N–H and O–H groups in total. The van der Waals surface area contributed by atoms with Crippen LogP contribution in [-0.2, 0) is 30.4 Å². The van der Waals surface area contributed by atoms with Crippen molar-refractivity contribution in [3.63, 3.8) is 0 Å². The van der Waals surface area contributed by atoms with Crippen LogP contribution in [0.3, 0.4) is 0 Å². The second kappa shape index (κ2) is 26.2. The first kappa shape index (κ1) is 63.7. The molecule has 0 unspecified atom stereocenters. The van der Waals surface area contributed by atoms with Crippen LogP contribution in [0.15, 0.2) is 153 Å². The third-order valence-electron chi connectivity index (χ3n) is 12.3. The van der Waals surface area contributed by atoms with Crippen molar-refractivity contribution in [2.24, 2.45) is 0 Å². The highest BCUT2D eigenvalue weighted by Crippen LogP contribution is 2.43. The number of nitrogens with zero attached hydrogens (tertiary/aromatic N) is 8. The van der Waals surface area contributed by atoms with E-state index in [-0.39, 0.29) is 49.9 Å². The maximum atomic E-state index is 14.0. The van der Waals surface area contributed by atoms with Crippen LogP contribution in [0.25, 0.3) is 66.6 Å². The number of rotatable bonds is 13. The van der Waals surface area contributed by atoms with Crippen LogP contribution in [0.2, 0.25) is 10.0 Å². The van der Waals surface area contributed by atoms with Gasteiger partial charge in [0.15, 0.2) is 15.7 Å². The molecule has 0 aliphatic rings. The number of carbonyl (C=O) groups excluding carboxylic acids is 1. The van der Waals surface area contributed by atoms with Crippen LogP contribution in [0.4, 0.5) is 41.5 Å². The van der Waals surface area contributed by atoms with Crippen LogP contribution in [-0.4, -0.2) is 83.0 Å². The highest BCUT2D eigenvalue weighted by Gasteiger charge is 2.32. The van der Waals surface area contributed by atoms with E-state index in [4.69, 9.17) is 37.4 Å². The van der Waals surface area contributed by atoms with Gasteiger partial charge in [-0.05, 0) is 122 Å². The van der Waals surface area contributed by atoms with Gasteiger partial charge in [0.1, 0.15) is 52.0 Å². The van der Waals surface area contributed by atoms with Crippen molar-refractivity contribution >= 4 is 77.0 Å². The zero-order chi connectivity index (χ0) is 64.1. The summed E-state index contributed by atoms with van der Waals surface area (Å²) in [6.07, 6.45) is 4.01. The Hall–Kier alpha value is -9.84. The fraction of sp³-hybridized carbons (Fsp3) is 0.121. The van der Waals surface area contributed by atoms with Gasteiger partial charge < -0.3 is 27.4 Å². The lowest BCUT2D eigenvalue weighted by molar-refractivity contribution is 0.0634. The van der Waals surface area contributed by atoms with Crippen molar-refractivity contribution in [2.75, 3.05) is 19.5 Å². The molecule has 0 radical (unpaired) electrons. The number of nitrogens with one attached hydrogen (secondary N) is 1. The number of carbonyl (C=O) groups is 1. The van der Waals surface area contributed by atoms with Crippen molar-refractivity contribution in [1.29, 1.82) is 0 Å². The molecule has 458 valence electrons. The van der Waals surface area contributed by atoms with Gasteiger partial charge in [-0.3, -0.25) is 5.32 Å². The van der Waals surface area contributed by atoms with E-state index in [9.17, 15) is 52.4 Å². The average Bonchev–Trinajstić information content (AvgIpc) is 3.34. The van der Waals surface area contributed by atoms with Crippen molar-refractivity contribution in [1.82, 2.24) is 40.2 Å². The standard InChI is InChI=1S/C27H13ClF6N2O4S.C24H16ClFN4O4S.C7H11N3O3/c1-39-20-10-16(12-3-2-4-13(29)7-12)18(28)9-17(20)26-15-6-5-14(8-19(15)35-11-36-26)41(37,38)40-27-24(33)22(31)21(30)23(32)25(27)34;1-33-22-10-18(14-3-2-4-15(26)7-14)20(25)9-19(22)24-17-6-5-16(8-21(17)27-12-28-24)35(31,32)11-23-29-13-34-30-23;1-7(2,3)13-6(11)9-5-8-4-12-10-5/h2-11H,1H3;2-10,12-13H,11H2,1H3;4H,1-3H3,(H,9,10,11). The number of aromatic nitrogens is 8. The highest BCUT2D eigenvalue weighted by molar-refractivity contribution is 7.90. The molecule has 0 saturated heterocycles. The van der Waals surface area contributed by atoms with Gasteiger partial charge in [-0.1, -0.05) is 52.6 Å². The van der Waals surface area contributed by atoms with E-state index in [0.29, 0.717) is 60.7 Å². The SMILES string of the molecule is CC(C)(C)OC(=O)Nc1ncon1.COc1cc(-c2cccc(F)c2)c(Cl)cc1-c1ncnc2cc(S(=O)(=O)Cc3ncon3)ccc12.COc1cc(-c2cccc(F)c2)c(Cl)cc1-c1ncnc2cc(S(=O)(=O)Oc3c(F)c(F)c(F)c(F)c3F)ccc12. The van der Waals surface area contributed by atoms with Gasteiger partial charge in [-0.15, -0.1) is 0 Å². The third kappa shape index (κ3) is 14.4. The number of amides is 1. The molecule has 0 saturated carbocycles. The molecule has 0 atom stereocenters. The van der Waals surface area contributed by atoms with Crippen molar-refractivity contribution in [3.8, 4) is 62.0 Å². The van der Waals surface area contributed by atoms with E-state index in [1.165, 1.54) is 75.1 Å². The zero-order valence-corrected chi connectivity index (χ0v) is 49.3. The molecule has 0 fully saturated rings. The molecule has 11 aromatic rings. The molecule has 11 rings (SSSR count). The maximum absolute atomic E-state index is 14.0. The Morgan fingerprint density at radius 1 is 0.562 bits per heavy atom. The number of benzene rings is 7. The monoisotopic (exact) mass is 1310 g/mol. The molecule has 0 spiro atoms. The fourth-order valence-corrected chi connectivity index (χ4v) is 11.1. The van der Waals surface area contributed by atoms with E-state index in [1.807, 2.05) is 0 Å². The van der Waals surface area contributed by atoms with E-state index in [2.05, 4.69) is 58.8 Å². The van der Waals surface area contributed by atoms with Gasteiger partial charge in [0.25, 0.3) is 5.95 Å². The van der Waals surface area contributed by atoms with Crippen molar-refractivity contribution in [3.05, 3.63) is 191 Å². The second-order valence-corrected chi connectivity index (χ2v) is 23.7. The molecular weight excluding hydrogens is 1270 g/mol. The lowest BCUT2D eigenvalue weighted by Gasteiger charge is -2.18. The highest BCUT2D eigenvalue weighted by atomic mass is 35.5. The normalized spacial score (nSPS) is 11.5. The zero-order valence-electron chi connectivity index (χ0n) is 46.2. The Morgan fingerprint density at radius 3 is 1.51 bits per heavy atom. The van der Waals surface area contributed by atoms with Crippen LogP contribution < -0.4 is 19.0 Å². The minimum absolute atomic E-state index is 0.00414. The first-order valence-corrected chi connectivity index (χ1v) is 29.0. The largest absolute Gasteiger partial charge is 0.496 e. The summed E-state index contributed by atoms with van der Waals surface area (Å²) in [5.74, 6) is -14.5. The molecule has 1 amide bonds. The molecule has 31 heteroatoms.